The monoisotopic (exact) mass is 309 g/mol. The normalized spacial score (nSPS) is 32.2. The standard InChI is InChI=1S/C15H20ClN3S/c1-11-4-3-9-15(10-11)18-19(2)14(20-15)17-13-7-5-12(16)6-8-13/h5-8,11,18H,3-4,9-10H2,1-2H3. The molecule has 2 atom stereocenters. The largest absolute Gasteiger partial charge is 0.288 e. The molecule has 3 rings (SSSR count). The Morgan fingerprint density at radius 1 is 1.40 bits per heavy atom. The molecule has 0 aromatic heterocycles. The number of rotatable bonds is 1. The maximum absolute atomic E-state index is 5.91. The predicted octanol–water partition coefficient (Wildman–Crippen LogP) is 4.42. The number of nitrogens with zero attached hydrogens (tertiary/aromatic N) is 2. The summed E-state index contributed by atoms with van der Waals surface area (Å²) in [5.41, 5.74) is 4.57. The van der Waals surface area contributed by atoms with Gasteiger partial charge in [0.2, 0.25) is 0 Å². The lowest BCUT2D eigenvalue weighted by molar-refractivity contribution is 0.210. The molecule has 2 fully saturated rings. The Morgan fingerprint density at radius 3 is 2.85 bits per heavy atom. The number of aliphatic imine (C=N–C) groups is 1. The number of thioether (sulfide) groups is 1. The molecular weight excluding hydrogens is 290 g/mol. The lowest BCUT2D eigenvalue weighted by Gasteiger charge is -2.35. The number of amidine groups is 1. The summed E-state index contributed by atoms with van der Waals surface area (Å²) in [7, 11) is 2.05. The van der Waals surface area contributed by atoms with Crippen LogP contribution in [0.3, 0.4) is 0 Å². The fourth-order valence-corrected chi connectivity index (χ4v) is 4.65. The number of benzene rings is 1. The molecular formula is C15H20ClN3S. The van der Waals surface area contributed by atoms with Crippen LogP contribution in [-0.4, -0.2) is 22.1 Å². The summed E-state index contributed by atoms with van der Waals surface area (Å²) in [5, 5.41) is 3.86. The highest BCUT2D eigenvalue weighted by molar-refractivity contribution is 8.15. The van der Waals surface area contributed by atoms with E-state index in [1.54, 1.807) is 0 Å². The van der Waals surface area contributed by atoms with E-state index in [0.29, 0.717) is 0 Å². The molecule has 1 saturated carbocycles. The Hall–Kier alpha value is -0.710. The van der Waals surface area contributed by atoms with E-state index in [4.69, 9.17) is 16.6 Å². The van der Waals surface area contributed by atoms with Gasteiger partial charge in [-0.3, -0.25) is 5.01 Å². The Bertz CT molecular complexity index is 516. The smallest absolute Gasteiger partial charge is 0.180 e. The molecule has 1 saturated heterocycles. The fraction of sp³-hybridized carbons (Fsp3) is 0.533. The van der Waals surface area contributed by atoms with Crippen LogP contribution in [-0.2, 0) is 0 Å². The summed E-state index contributed by atoms with van der Waals surface area (Å²) < 4.78 is 0. The number of hydrogen-bond acceptors (Lipinski definition) is 3. The van der Waals surface area contributed by atoms with Crippen molar-refractivity contribution < 1.29 is 0 Å². The van der Waals surface area contributed by atoms with Gasteiger partial charge in [-0.05, 0) is 43.0 Å². The molecule has 1 aliphatic heterocycles. The summed E-state index contributed by atoms with van der Waals surface area (Å²) in [6, 6.07) is 7.68. The first kappa shape index (κ1) is 14.2. The van der Waals surface area contributed by atoms with Gasteiger partial charge in [-0.1, -0.05) is 43.1 Å². The molecule has 20 heavy (non-hydrogen) atoms. The number of hydrogen-bond donors (Lipinski definition) is 1. The second-order valence-corrected chi connectivity index (χ2v) is 7.63. The second-order valence-electron chi connectivity index (χ2n) is 5.84. The number of hydrazine groups is 1. The van der Waals surface area contributed by atoms with Crippen molar-refractivity contribution in [2.45, 2.75) is 37.5 Å². The van der Waals surface area contributed by atoms with Crippen LogP contribution in [0.2, 0.25) is 5.02 Å². The fourth-order valence-electron chi connectivity index (χ4n) is 3.04. The zero-order chi connectivity index (χ0) is 14.2. The Kier molecular flexibility index (Phi) is 3.98. The molecule has 3 nitrogen and oxygen atoms in total. The third-order valence-electron chi connectivity index (χ3n) is 3.95. The zero-order valence-electron chi connectivity index (χ0n) is 11.9. The number of halogens is 1. The van der Waals surface area contributed by atoms with Crippen molar-refractivity contribution in [3.05, 3.63) is 29.3 Å². The van der Waals surface area contributed by atoms with E-state index in [1.807, 2.05) is 36.0 Å². The minimum Gasteiger partial charge on any atom is -0.288 e. The van der Waals surface area contributed by atoms with Crippen molar-refractivity contribution in [1.82, 2.24) is 10.4 Å². The molecule has 0 amide bonds. The highest BCUT2D eigenvalue weighted by atomic mass is 35.5. The van der Waals surface area contributed by atoms with Crippen molar-refractivity contribution in [3.63, 3.8) is 0 Å². The molecule has 1 heterocycles. The first-order valence-electron chi connectivity index (χ1n) is 7.11. The van der Waals surface area contributed by atoms with E-state index in [0.717, 1.165) is 21.8 Å². The van der Waals surface area contributed by atoms with Gasteiger partial charge in [0.15, 0.2) is 5.17 Å². The summed E-state index contributed by atoms with van der Waals surface area (Å²) in [5.74, 6) is 0.784. The number of nitrogens with one attached hydrogen (secondary N) is 1. The quantitative estimate of drug-likeness (QED) is 0.832. The highest BCUT2D eigenvalue weighted by Gasteiger charge is 2.43. The van der Waals surface area contributed by atoms with Crippen LogP contribution >= 0.6 is 23.4 Å². The molecule has 1 aromatic rings. The Labute approximate surface area is 129 Å². The van der Waals surface area contributed by atoms with Gasteiger partial charge in [0.25, 0.3) is 0 Å². The first-order chi connectivity index (χ1) is 9.56. The van der Waals surface area contributed by atoms with Crippen molar-refractivity contribution >= 4 is 34.2 Å². The predicted molar refractivity (Wildman–Crippen MR) is 87.4 cm³/mol. The van der Waals surface area contributed by atoms with Gasteiger partial charge in [-0.2, -0.15) is 0 Å². The topological polar surface area (TPSA) is 27.6 Å². The Balaban J connectivity index is 1.79. The van der Waals surface area contributed by atoms with E-state index < -0.39 is 0 Å². The minimum atomic E-state index is 0.150. The SMILES string of the molecule is CC1CCCC2(C1)NN(C)C(=Nc1ccc(Cl)cc1)S2. The van der Waals surface area contributed by atoms with E-state index in [-0.39, 0.29) is 4.87 Å². The highest BCUT2D eigenvalue weighted by Crippen LogP contribution is 2.45. The van der Waals surface area contributed by atoms with E-state index in [2.05, 4.69) is 24.4 Å². The van der Waals surface area contributed by atoms with Crippen LogP contribution in [0.4, 0.5) is 5.69 Å². The molecule has 1 aliphatic carbocycles. The molecule has 2 aliphatic rings. The molecule has 1 aromatic carbocycles. The molecule has 0 radical (unpaired) electrons. The minimum absolute atomic E-state index is 0.150. The van der Waals surface area contributed by atoms with E-state index in [9.17, 15) is 0 Å². The average Bonchev–Trinajstić information content (AvgIpc) is 2.68. The summed E-state index contributed by atoms with van der Waals surface area (Å²) in [6.45, 7) is 2.34. The molecule has 2 unspecified atom stereocenters. The average molecular weight is 310 g/mol. The van der Waals surface area contributed by atoms with Crippen LogP contribution in [0.25, 0.3) is 0 Å². The van der Waals surface area contributed by atoms with Gasteiger partial charge in [-0.25, -0.2) is 10.4 Å². The van der Waals surface area contributed by atoms with E-state index in [1.165, 1.54) is 25.7 Å². The lowest BCUT2D eigenvalue weighted by atomic mass is 9.87. The van der Waals surface area contributed by atoms with Crippen molar-refractivity contribution in [2.75, 3.05) is 7.05 Å². The zero-order valence-corrected chi connectivity index (χ0v) is 13.5. The first-order valence-corrected chi connectivity index (χ1v) is 8.31. The van der Waals surface area contributed by atoms with Crippen molar-refractivity contribution in [2.24, 2.45) is 10.9 Å². The van der Waals surface area contributed by atoms with Gasteiger partial charge < -0.3 is 0 Å². The third-order valence-corrected chi connectivity index (χ3v) is 5.60. The van der Waals surface area contributed by atoms with Crippen LogP contribution in [0.1, 0.15) is 32.6 Å². The van der Waals surface area contributed by atoms with E-state index >= 15 is 0 Å². The van der Waals surface area contributed by atoms with Gasteiger partial charge in [0, 0.05) is 12.1 Å². The second kappa shape index (κ2) is 5.58. The van der Waals surface area contributed by atoms with Gasteiger partial charge in [0.1, 0.15) is 0 Å². The summed E-state index contributed by atoms with van der Waals surface area (Å²) in [4.78, 5) is 4.89. The van der Waals surface area contributed by atoms with Crippen LogP contribution < -0.4 is 5.43 Å². The summed E-state index contributed by atoms with van der Waals surface area (Å²) >= 11 is 7.79. The molecule has 1 N–H and O–H groups in total. The van der Waals surface area contributed by atoms with Gasteiger partial charge in [0.05, 0.1) is 10.6 Å². The maximum Gasteiger partial charge on any atom is 0.180 e. The van der Waals surface area contributed by atoms with Crippen LogP contribution in [0.5, 0.6) is 0 Å². The Morgan fingerprint density at radius 2 is 2.15 bits per heavy atom. The molecule has 5 heteroatoms. The lowest BCUT2D eigenvalue weighted by Crippen LogP contribution is -2.46. The molecule has 108 valence electrons. The van der Waals surface area contributed by atoms with Gasteiger partial charge >= 0.3 is 0 Å². The van der Waals surface area contributed by atoms with Gasteiger partial charge in [-0.15, -0.1) is 0 Å². The summed E-state index contributed by atoms with van der Waals surface area (Å²) in [6.07, 6.45) is 5.06. The van der Waals surface area contributed by atoms with Crippen LogP contribution in [0, 0.1) is 5.92 Å². The molecule has 1 spiro atoms. The maximum atomic E-state index is 5.91. The molecule has 0 bridgehead atoms. The van der Waals surface area contributed by atoms with Crippen molar-refractivity contribution in [1.29, 1.82) is 0 Å². The van der Waals surface area contributed by atoms with Crippen LogP contribution in [0.15, 0.2) is 29.3 Å². The third kappa shape index (κ3) is 2.97. The van der Waals surface area contributed by atoms with Crippen molar-refractivity contribution in [3.8, 4) is 0 Å².